The number of oxazole rings is 1. The van der Waals surface area contributed by atoms with Crippen molar-refractivity contribution in [2.75, 3.05) is 0 Å². The summed E-state index contributed by atoms with van der Waals surface area (Å²) in [5, 5.41) is 0.233. The molecule has 0 atom stereocenters. The van der Waals surface area contributed by atoms with Gasteiger partial charge in [-0.1, -0.05) is 6.07 Å². The number of hydrogen-bond donors (Lipinski definition) is 0. The van der Waals surface area contributed by atoms with Crippen LogP contribution in [0.25, 0.3) is 22.4 Å². The minimum Gasteiger partial charge on any atom is -0.441 e. The van der Waals surface area contributed by atoms with Crippen molar-refractivity contribution < 1.29 is 4.42 Å². The van der Waals surface area contributed by atoms with Gasteiger partial charge in [0.1, 0.15) is 5.52 Å². The summed E-state index contributed by atoms with van der Waals surface area (Å²) in [4.78, 5) is 12.2. The Morgan fingerprint density at radius 2 is 2.06 bits per heavy atom. The van der Waals surface area contributed by atoms with Crippen LogP contribution in [0.1, 0.15) is 5.89 Å². The van der Waals surface area contributed by atoms with E-state index in [9.17, 15) is 0 Å². The second-order valence-electron chi connectivity index (χ2n) is 3.63. The van der Waals surface area contributed by atoms with Gasteiger partial charge < -0.3 is 4.42 Å². The lowest BCUT2D eigenvalue weighted by Crippen LogP contribution is -1.86. The Morgan fingerprint density at radius 1 is 1.18 bits per heavy atom. The summed E-state index contributed by atoms with van der Waals surface area (Å²) < 4.78 is 5.47. The third-order valence-electron chi connectivity index (χ3n) is 2.42. The predicted octanol–water partition coefficient (Wildman–Crippen LogP) is 3.25. The fourth-order valence-electron chi connectivity index (χ4n) is 1.69. The number of aromatic nitrogens is 3. The van der Waals surface area contributed by atoms with Gasteiger partial charge >= 0.3 is 0 Å². The van der Waals surface area contributed by atoms with Crippen molar-refractivity contribution in [2.45, 2.75) is 6.92 Å². The first-order valence-electron chi connectivity index (χ1n) is 5.08. The molecule has 0 saturated carbocycles. The summed E-state index contributed by atoms with van der Waals surface area (Å²) in [6, 6.07) is 7.53. The van der Waals surface area contributed by atoms with E-state index >= 15 is 0 Å². The van der Waals surface area contributed by atoms with Crippen LogP contribution in [0.3, 0.4) is 0 Å². The quantitative estimate of drug-likeness (QED) is 0.618. The molecule has 1 aromatic carbocycles. The zero-order valence-electron chi connectivity index (χ0n) is 9.01. The van der Waals surface area contributed by atoms with E-state index in [0.717, 1.165) is 22.4 Å². The fourth-order valence-corrected chi connectivity index (χ4v) is 1.84. The number of halogens is 1. The first-order valence-corrected chi connectivity index (χ1v) is 5.46. The average Bonchev–Trinajstić information content (AvgIpc) is 2.68. The zero-order valence-corrected chi connectivity index (χ0v) is 9.77. The van der Waals surface area contributed by atoms with Gasteiger partial charge in [0.2, 0.25) is 5.28 Å². The van der Waals surface area contributed by atoms with Crippen LogP contribution >= 0.6 is 11.6 Å². The molecule has 3 rings (SSSR count). The molecule has 0 radical (unpaired) electrons. The number of aryl methyl sites for hydroxylation is 1. The Balaban J connectivity index is 2.17. The summed E-state index contributed by atoms with van der Waals surface area (Å²) in [6.07, 6.45) is 1.63. The Hall–Kier alpha value is -1.94. The van der Waals surface area contributed by atoms with E-state index in [1.165, 1.54) is 0 Å². The van der Waals surface area contributed by atoms with Crippen LogP contribution in [-0.2, 0) is 0 Å². The van der Waals surface area contributed by atoms with Crippen LogP contribution in [0.15, 0.2) is 34.9 Å². The van der Waals surface area contributed by atoms with Crippen LogP contribution in [-0.4, -0.2) is 15.0 Å². The minimum atomic E-state index is 0.233. The summed E-state index contributed by atoms with van der Waals surface area (Å²) in [7, 11) is 0. The van der Waals surface area contributed by atoms with Crippen molar-refractivity contribution in [1.29, 1.82) is 0 Å². The van der Waals surface area contributed by atoms with Gasteiger partial charge in [-0.05, 0) is 29.8 Å². The lowest BCUT2D eigenvalue weighted by atomic mass is 10.1. The lowest BCUT2D eigenvalue weighted by Gasteiger charge is -1.99. The van der Waals surface area contributed by atoms with Crippen molar-refractivity contribution in [3.63, 3.8) is 0 Å². The van der Waals surface area contributed by atoms with E-state index < -0.39 is 0 Å². The average molecular weight is 246 g/mol. The van der Waals surface area contributed by atoms with Gasteiger partial charge in [-0.2, -0.15) is 0 Å². The van der Waals surface area contributed by atoms with Crippen molar-refractivity contribution in [2.24, 2.45) is 0 Å². The topological polar surface area (TPSA) is 51.8 Å². The molecule has 84 valence electrons. The predicted molar refractivity (Wildman–Crippen MR) is 64.8 cm³/mol. The molecule has 0 aliphatic rings. The Kier molecular flexibility index (Phi) is 2.30. The van der Waals surface area contributed by atoms with Crippen LogP contribution in [0, 0.1) is 6.92 Å². The molecule has 4 nitrogen and oxygen atoms in total. The van der Waals surface area contributed by atoms with Crippen molar-refractivity contribution in [3.8, 4) is 11.3 Å². The molecule has 0 saturated heterocycles. The summed E-state index contributed by atoms with van der Waals surface area (Å²) in [6.45, 7) is 1.82. The Labute approximate surface area is 102 Å². The van der Waals surface area contributed by atoms with Gasteiger partial charge in [0.25, 0.3) is 0 Å². The van der Waals surface area contributed by atoms with E-state index in [1.54, 1.807) is 12.3 Å². The molecule has 5 heteroatoms. The zero-order chi connectivity index (χ0) is 11.8. The Bertz CT molecular complexity index is 693. The number of benzene rings is 1. The van der Waals surface area contributed by atoms with Crippen molar-refractivity contribution in [3.05, 3.63) is 41.6 Å². The van der Waals surface area contributed by atoms with Crippen LogP contribution in [0.5, 0.6) is 0 Å². The third-order valence-corrected chi connectivity index (χ3v) is 2.60. The highest BCUT2D eigenvalue weighted by atomic mass is 35.5. The maximum atomic E-state index is 5.76. The van der Waals surface area contributed by atoms with Gasteiger partial charge in [-0.15, -0.1) is 0 Å². The maximum Gasteiger partial charge on any atom is 0.222 e. The monoisotopic (exact) mass is 245 g/mol. The highest BCUT2D eigenvalue weighted by molar-refractivity contribution is 6.28. The van der Waals surface area contributed by atoms with Crippen LogP contribution in [0.2, 0.25) is 5.28 Å². The summed E-state index contributed by atoms with van der Waals surface area (Å²) in [5.41, 5.74) is 3.28. The van der Waals surface area contributed by atoms with Gasteiger partial charge in [-0.3, -0.25) is 0 Å². The lowest BCUT2D eigenvalue weighted by molar-refractivity contribution is 0.561. The minimum absolute atomic E-state index is 0.233. The first kappa shape index (κ1) is 10.2. The summed E-state index contributed by atoms with van der Waals surface area (Å²) in [5.74, 6) is 0.651. The van der Waals surface area contributed by atoms with Gasteiger partial charge in [-0.25, -0.2) is 15.0 Å². The molecular weight excluding hydrogens is 238 g/mol. The SMILES string of the molecule is Cc1nc2ccc(-c3ccnc(Cl)n3)cc2o1. The van der Waals surface area contributed by atoms with E-state index in [0.29, 0.717) is 5.89 Å². The summed E-state index contributed by atoms with van der Waals surface area (Å²) >= 11 is 5.76. The molecule has 17 heavy (non-hydrogen) atoms. The maximum absolute atomic E-state index is 5.76. The van der Waals surface area contributed by atoms with Crippen molar-refractivity contribution >= 4 is 22.7 Å². The van der Waals surface area contributed by atoms with Gasteiger partial charge in [0.05, 0.1) is 5.69 Å². The largest absolute Gasteiger partial charge is 0.441 e. The molecule has 0 aliphatic heterocycles. The highest BCUT2D eigenvalue weighted by Crippen LogP contribution is 2.23. The molecule has 3 aromatic rings. The van der Waals surface area contributed by atoms with Gasteiger partial charge in [0.15, 0.2) is 11.5 Å². The van der Waals surface area contributed by atoms with E-state index in [2.05, 4.69) is 15.0 Å². The van der Waals surface area contributed by atoms with E-state index in [1.807, 2.05) is 25.1 Å². The second kappa shape index (κ2) is 3.82. The number of hydrogen-bond acceptors (Lipinski definition) is 4. The number of nitrogens with zero attached hydrogens (tertiary/aromatic N) is 3. The number of rotatable bonds is 1. The molecule has 0 unspecified atom stereocenters. The van der Waals surface area contributed by atoms with Crippen LogP contribution in [0.4, 0.5) is 0 Å². The molecular formula is C12H8ClN3O. The smallest absolute Gasteiger partial charge is 0.222 e. The first-order chi connectivity index (χ1) is 8.22. The van der Waals surface area contributed by atoms with Crippen LogP contribution < -0.4 is 0 Å². The van der Waals surface area contributed by atoms with E-state index in [4.69, 9.17) is 16.0 Å². The molecule has 0 amide bonds. The molecule has 2 aromatic heterocycles. The number of fused-ring (bicyclic) bond motifs is 1. The molecule has 2 heterocycles. The highest BCUT2D eigenvalue weighted by Gasteiger charge is 2.06. The standard InChI is InChI=1S/C12H8ClN3O/c1-7-15-10-3-2-8(6-11(10)17-7)9-4-5-14-12(13)16-9/h2-6H,1H3. The third kappa shape index (κ3) is 1.87. The fraction of sp³-hybridized carbons (Fsp3) is 0.0833. The molecule has 0 N–H and O–H groups in total. The van der Waals surface area contributed by atoms with Crippen molar-refractivity contribution in [1.82, 2.24) is 15.0 Å². The van der Waals surface area contributed by atoms with E-state index in [-0.39, 0.29) is 5.28 Å². The second-order valence-corrected chi connectivity index (χ2v) is 3.96. The molecule has 0 fully saturated rings. The Morgan fingerprint density at radius 3 is 2.88 bits per heavy atom. The molecule has 0 spiro atoms. The molecule has 0 bridgehead atoms. The van der Waals surface area contributed by atoms with Gasteiger partial charge in [0, 0.05) is 18.7 Å². The normalized spacial score (nSPS) is 10.9. The molecule has 0 aliphatic carbocycles.